The summed E-state index contributed by atoms with van der Waals surface area (Å²) in [6.45, 7) is 1.60. The fourth-order valence-electron chi connectivity index (χ4n) is 3.34. The van der Waals surface area contributed by atoms with E-state index in [0.717, 1.165) is 15.4 Å². The number of amides is 1. The van der Waals surface area contributed by atoms with Crippen LogP contribution in [-0.4, -0.2) is 45.9 Å². The van der Waals surface area contributed by atoms with E-state index < -0.39 is 15.9 Å². The van der Waals surface area contributed by atoms with E-state index in [2.05, 4.69) is 5.32 Å². The third-order valence-electron chi connectivity index (χ3n) is 5.26. The number of carbonyl (C=O) groups excluding carboxylic acids is 1. The van der Waals surface area contributed by atoms with E-state index in [-0.39, 0.29) is 23.7 Å². The predicted octanol–water partition coefficient (Wildman–Crippen LogP) is 4.54. The number of carbonyl (C=O) groups is 1. The summed E-state index contributed by atoms with van der Waals surface area (Å²) >= 11 is 6.15. The summed E-state index contributed by atoms with van der Waals surface area (Å²) < 4.78 is 38.7. The number of anilines is 1. The maximum atomic E-state index is 13.5. The fourth-order valence-corrected chi connectivity index (χ4v) is 4.93. The van der Waals surface area contributed by atoms with Crippen LogP contribution in [0.4, 0.5) is 5.69 Å². The van der Waals surface area contributed by atoms with Crippen molar-refractivity contribution in [3.05, 3.63) is 82.9 Å². The lowest BCUT2D eigenvalue weighted by atomic mass is 10.1. The van der Waals surface area contributed by atoms with E-state index in [1.807, 2.05) is 37.3 Å². The summed E-state index contributed by atoms with van der Waals surface area (Å²) in [6.07, 6.45) is 0.441. The molecule has 0 heterocycles. The van der Waals surface area contributed by atoms with Crippen LogP contribution in [0.5, 0.6) is 11.5 Å². The van der Waals surface area contributed by atoms with Crippen molar-refractivity contribution in [3.8, 4) is 11.5 Å². The van der Waals surface area contributed by atoms with E-state index >= 15 is 0 Å². The first-order valence-corrected chi connectivity index (χ1v) is 12.4. The zero-order valence-corrected chi connectivity index (χ0v) is 20.8. The molecule has 3 aromatic rings. The van der Waals surface area contributed by atoms with Crippen molar-refractivity contribution >= 4 is 33.2 Å². The Bertz CT molecular complexity index is 1250. The van der Waals surface area contributed by atoms with E-state index in [1.54, 1.807) is 18.2 Å². The van der Waals surface area contributed by atoms with Crippen LogP contribution in [0.2, 0.25) is 5.02 Å². The summed E-state index contributed by atoms with van der Waals surface area (Å²) in [6, 6.07) is 19.0. The average molecular weight is 503 g/mol. The highest BCUT2D eigenvalue weighted by molar-refractivity contribution is 7.89. The molecule has 0 unspecified atom stereocenters. The lowest BCUT2D eigenvalue weighted by molar-refractivity contribution is -0.116. The van der Waals surface area contributed by atoms with Crippen molar-refractivity contribution in [2.75, 3.05) is 32.6 Å². The molecule has 1 amide bonds. The molecule has 9 heteroatoms. The number of benzene rings is 3. The van der Waals surface area contributed by atoms with Crippen LogP contribution >= 0.6 is 11.6 Å². The number of sulfonamides is 1. The third kappa shape index (κ3) is 6.28. The van der Waals surface area contributed by atoms with Gasteiger partial charge in [0, 0.05) is 23.3 Å². The molecule has 7 nitrogen and oxygen atoms in total. The normalized spacial score (nSPS) is 11.3. The van der Waals surface area contributed by atoms with E-state index in [4.69, 9.17) is 21.1 Å². The number of halogens is 1. The highest BCUT2D eigenvalue weighted by Gasteiger charge is 2.28. The standard InChI is InChI=1S/C25H27ClN2O5S/c1-18-9-10-20(15-22(18)26)27-25(29)17-28(14-13-19-7-5-4-6-8-19)34(30,31)21-11-12-23(32-2)24(16-21)33-3/h4-12,15-16H,13-14,17H2,1-3H3,(H,27,29). The van der Waals surface area contributed by atoms with Crippen molar-refractivity contribution in [3.63, 3.8) is 0 Å². The van der Waals surface area contributed by atoms with Gasteiger partial charge in [0.15, 0.2) is 11.5 Å². The number of methoxy groups -OCH3 is 2. The third-order valence-corrected chi connectivity index (χ3v) is 7.51. The quantitative estimate of drug-likeness (QED) is 0.440. The first-order valence-electron chi connectivity index (χ1n) is 10.6. The Kier molecular flexibility index (Phi) is 8.55. The Hall–Kier alpha value is -3.07. The van der Waals surface area contributed by atoms with Gasteiger partial charge in [-0.1, -0.05) is 48.0 Å². The number of rotatable bonds is 10. The Morgan fingerprint density at radius 3 is 2.32 bits per heavy atom. The number of ether oxygens (including phenoxy) is 2. The molecule has 0 aliphatic carbocycles. The van der Waals surface area contributed by atoms with Crippen LogP contribution in [-0.2, 0) is 21.2 Å². The van der Waals surface area contributed by atoms with Gasteiger partial charge in [0.1, 0.15) is 0 Å². The molecule has 0 bridgehead atoms. The molecule has 0 saturated carbocycles. The lowest BCUT2D eigenvalue weighted by Gasteiger charge is -2.22. The molecule has 0 aromatic heterocycles. The maximum absolute atomic E-state index is 13.5. The van der Waals surface area contributed by atoms with Gasteiger partial charge in [0.25, 0.3) is 0 Å². The molecule has 0 spiro atoms. The molecule has 34 heavy (non-hydrogen) atoms. The average Bonchev–Trinajstić information content (AvgIpc) is 2.84. The van der Waals surface area contributed by atoms with Gasteiger partial charge in [-0.05, 0) is 48.7 Å². The van der Waals surface area contributed by atoms with E-state index in [0.29, 0.717) is 22.9 Å². The first kappa shape index (κ1) is 25.6. The zero-order valence-electron chi connectivity index (χ0n) is 19.2. The Morgan fingerprint density at radius 1 is 0.971 bits per heavy atom. The monoisotopic (exact) mass is 502 g/mol. The van der Waals surface area contributed by atoms with Gasteiger partial charge in [-0.2, -0.15) is 4.31 Å². The van der Waals surface area contributed by atoms with E-state index in [1.165, 1.54) is 32.4 Å². The number of aryl methyl sites for hydroxylation is 1. The molecular weight excluding hydrogens is 476 g/mol. The Labute approximate surface area is 205 Å². The number of hydrogen-bond donors (Lipinski definition) is 1. The van der Waals surface area contributed by atoms with Crippen molar-refractivity contribution in [1.29, 1.82) is 0 Å². The highest BCUT2D eigenvalue weighted by atomic mass is 35.5. The van der Waals surface area contributed by atoms with Gasteiger partial charge in [0.05, 0.1) is 25.7 Å². The van der Waals surface area contributed by atoms with Crippen molar-refractivity contribution < 1.29 is 22.7 Å². The minimum absolute atomic E-state index is 0.00407. The number of nitrogens with one attached hydrogen (secondary N) is 1. The summed E-state index contributed by atoms with van der Waals surface area (Å²) in [5.41, 5.74) is 2.33. The fraction of sp³-hybridized carbons (Fsp3) is 0.240. The largest absolute Gasteiger partial charge is 0.493 e. The molecule has 0 aliphatic heterocycles. The molecule has 0 saturated heterocycles. The Balaban J connectivity index is 1.87. The lowest BCUT2D eigenvalue weighted by Crippen LogP contribution is -2.39. The Morgan fingerprint density at radius 2 is 1.68 bits per heavy atom. The minimum Gasteiger partial charge on any atom is -0.493 e. The number of nitrogens with zero attached hydrogens (tertiary/aromatic N) is 1. The predicted molar refractivity (Wildman–Crippen MR) is 133 cm³/mol. The van der Waals surface area contributed by atoms with Crippen LogP contribution in [0.3, 0.4) is 0 Å². The van der Waals surface area contributed by atoms with Crippen LogP contribution in [0, 0.1) is 6.92 Å². The topological polar surface area (TPSA) is 84.9 Å². The van der Waals surface area contributed by atoms with Gasteiger partial charge in [0.2, 0.25) is 15.9 Å². The number of hydrogen-bond acceptors (Lipinski definition) is 5. The summed E-state index contributed by atoms with van der Waals surface area (Å²) in [5, 5.41) is 3.24. The molecule has 1 N–H and O–H groups in total. The molecular formula is C25H27ClN2O5S. The second kappa shape index (κ2) is 11.4. The molecule has 180 valence electrons. The maximum Gasteiger partial charge on any atom is 0.243 e. The van der Waals surface area contributed by atoms with Crippen LogP contribution < -0.4 is 14.8 Å². The van der Waals surface area contributed by atoms with Crippen LogP contribution in [0.25, 0.3) is 0 Å². The summed E-state index contributed by atoms with van der Waals surface area (Å²) in [4.78, 5) is 12.8. The molecule has 0 atom stereocenters. The van der Waals surface area contributed by atoms with Crippen molar-refractivity contribution in [2.45, 2.75) is 18.2 Å². The second-order valence-corrected chi connectivity index (χ2v) is 9.95. The highest BCUT2D eigenvalue weighted by Crippen LogP contribution is 2.31. The van der Waals surface area contributed by atoms with Crippen molar-refractivity contribution in [2.24, 2.45) is 0 Å². The molecule has 0 radical (unpaired) electrons. The van der Waals surface area contributed by atoms with Gasteiger partial charge in [-0.3, -0.25) is 4.79 Å². The van der Waals surface area contributed by atoms with Gasteiger partial charge in [-0.15, -0.1) is 0 Å². The van der Waals surface area contributed by atoms with Gasteiger partial charge in [-0.25, -0.2) is 8.42 Å². The molecule has 0 fully saturated rings. The molecule has 0 aliphatic rings. The SMILES string of the molecule is COc1ccc(S(=O)(=O)N(CCc2ccccc2)CC(=O)Nc2ccc(C)c(Cl)c2)cc1OC. The van der Waals surface area contributed by atoms with Gasteiger partial charge < -0.3 is 14.8 Å². The summed E-state index contributed by atoms with van der Waals surface area (Å²) in [7, 11) is -1.12. The smallest absolute Gasteiger partial charge is 0.243 e. The molecule has 3 rings (SSSR count). The minimum atomic E-state index is -4.02. The van der Waals surface area contributed by atoms with Crippen LogP contribution in [0.15, 0.2) is 71.6 Å². The van der Waals surface area contributed by atoms with Gasteiger partial charge >= 0.3 is 0 Å². The van der Waals surface area contributed by atoms with E-state index in [9.17, 15) is 13.2 Å². The van der Waals surface area contributed by atoms with Crippen molar-refractivity contribution in [1.82, 2.24) is 4.31 Å². The molecule has 3 aromatic carbocycles. The second-order valence-electron chi connectivity index (χ2n) is 7.60. The first-order chi connectivity index (χ1) is 16.2. The summed E-state index contributed by atoms with van der Waals surface area (Å²) in [5.74, 6) is 0.216. The zero-order chi connectivity index (χ0) is 24.7. The van der Waals surface area contributed by atoms with Crippen LogP contribution in [0.1, 0.15) is 11.1 Å².